The molecule has 5 heteroatoms. The molecule has 0 aliphatic rings. The summed E-state index contributed by atoms with van der Waals surface area (Å²) in [5.41, 5.74) is 0. The van der Waals surface area contributed by atoms with Crippen molar-refractivity contribution >= 4 is 6.16 Å². The zero-order valence-corrected chi connectivity index (χ0v) is 36.1. The van der Waals surface area contributed by atoms with Gasteiger partial charge in [0.05, 0.1) is 54.4 Å². The summed E-state index contributed by atoms with van der Waals surface area (Å²) < 4.78 is 2.39. The Hall–Kier alpha value is -0.810. The first kappa shape index (κ1) is 53.5. The van der Waals surface area contributed by atoms with Crippen molar-refractivity contribution in [2.24, 2.45) is 0 Å². The number of rotatable bonds is 36. The zero-order valence-electron chi connectivity index (χ0n) is 36.1. The third kappa shape index (κ3) is 54.0. The van der Waals surface area contributed by atoms with Crippen molar-refractivity contribution in [2.75, 3.05) is 54.4 Å². The number of nitrogens with zero attached hydrogens (tertiary/aromatic N) is 2. The van der Waals surface area contributed by atoms with Gasteiger partial charge in [0.2, 0.25) is 0 Å². The van der Waals surface area contributed by atoms with E-state index in [1.807, 2.05) is 0 Å². The smallest absolute Gasteiger partial charge is 0.0782 e. The van der Waals surface area contributed by atoms with E-state index < -0.39 is 6.16 Å². The van der Waals surface area contributed by atoms with E-state index in [-0.39, 0.29) is 0 Å². The van der Waals surface area contributed by atoms with Crippen LogP contribution in [0.25, 0.3) is 0 Å². The van der Waals surface area contributed by atoms with Gasteiger partial charge in [0, 0.05) is 0 Å². The fraction of sp³-hybridized carbons (Fsp3) is 0.978. The van der Waals surface area contributed by atoms with Gasteiger partial charge in [0.15, 0.2) is 0 Å². The molecule has 0 aromatic carbocycles. The Morgan fingerprint density at radius 3 is 0.600 bits per heavy atom. The maximum atomic E-state index is 8.33. The molecular formula is C45H96N2O3. The number of carbonyl (C=O) groups excluding carboxylic acids is 1. The molecule has 0 N–H and O–H groups in total. The Morgan fingerprint density at radius 2 is 0.460 bits per heavy atom. The first-order valence-electron chi connectivity index (χ1n) is 22.5. The van der Waals surface area contributed by atoms with Crippen LogP contribution >= 0.6 is 0 Å². The highest BCUT2D eigenvalue weighted by Gasteiger charge is 2.11. The molecule has 0 bridgehead atoms. The van der Waals surface area contributed by atoms with Crippen LogP contribution in [-0.4, -0.2) is 69.5 Å². The average molecular weight is 713 g/mol. The maximum Gasteiger partial charge on any atom is 0.0782 e. The molecule has 0 unspecified atom stereocenters. The molecular weight excluding hydrogens is 617 g/mol. The van der Waals surface area contributed by atoms with Gasteiger partial charge in [0.1, 0.15) is 0 Å². The van der Waals surface area contributed by atoms with Gasteiger partial charge in [-0.1, -0.05) is 194 Å². The summed E-state index contributed by atoms with van der Waals surface area (Å²) in [5.74, 6) is 0. The summed E-state index contributed by atoms with van der Waals surface area (Å²) in [5, 5.41) is 16.7. The van der Waals surface area contributed by atoms with E-state index in [1.54, 1.807) is 0 Å². The Bertz CT molecular complexity index is 586. The van der Waals surface area contributed by atoms with Gasteiger partial charge in [-0.15, -0.1) is 0 Å². The van der Waals surface area contributed by atoms with Crippen molar-refractivity contribution in [1.29, 1.82) is 0 Å². The molecule has 0 aromatic rings. The third-order valence-corrected chi connectivity index (χ3v) is 10.9. The molecule has 50 heavy (non-hydrogen) atoms. The van der Waals surface area contributed by atoms with Crippen molar-refractivity contribution in [2.45, 2.75) is 233 Å². The number of carbonyl (C=O) groups is 1. The lowest BCUT2D eigenvalue weighted by Crippen LogP contribution is -2.39. The van der Waals surface area contributed by atoms with Crippen LogP contribution in [0.1, 0.15) is 233 Å². The van der Waals surface area contributed by atoms with E-state index in [2.05, 4.69) is 55.9 Å². The molecule has 0 rings (SSSR count). The van der Waals surface area contributed by atoms with Crippen LogP contribution in [0.3, 0.4) is 0 Å². The molecule has 0 radical (unpaired) electrons. The van der Waals surface area contributed by atoms with E-state index in [0.717, 1.165) is 0 Å². The van der Waals surface area contributed by atoms with E-state index in [0.29, 0.717) is 0 Å². The Kier molecular flexibility index (Phi) is 45.6. The highest BCUT2D eigenvalue weighted by atomic mass is 16.6. The number of quaternary nitrogens is 2. The summed E-state index contributed by atoms with van der Waals surface area (Å²) in [4.78, 5) is 8.33. The quantitative estimate of drug-likeness (QED) is 0.0480. The molecule has 0 aliphatic heterocycles. The topological polar surface area (TPSA) is 63.2 Å². The predicted octanol–water partition coefficient (Wildman–Crippen LogP) is 12.2. The van der Waals surface area contributed by atoms with Crippen LogP contribution < -0.4 is 10.2 Å². The van der Waals surface area contributed by atoms with Crippen molar-refractivity contribution in [3.63, 3.8) is 0 Å². The molecule has 0 saturated heterocycles. The molecule has 0 spiro atoms. The molecule has 0 saturated carbocycles. The third-order valence-electron chi connectivity index (χ3n) is 10.9. The molecule has 0 amide bonds. The minimum absolute atomic E-state index is 1.19. The van der Waals surface area contributed by atoms with Crippen LogP contribution in [0.15, 0.2) is 0 Å². The van der Waals surface area contributed by atoms with Crippen LogP contribution in [0, 0.1) is 0 Å². The molecule has 0 fully saturated rings. The lowest BCUT2D eigenvalue weighted by Gasteiger charge is -2.28. The zero-order chi connectivity index (χ0) is 38.0. The Labute approximate surface area is 316 Å². The first-order chi connectivity index (χ1) is 24.0. The van der Waals surface area contributed by atoms with Crippen LogP contribution in [-0.2, 0) is 0 Å². The van der Waals surface area contributed by atoms with Gasteiger partial charge in [-0.2, -0.15) is 0 Å². The molecule has 304 valence electrons. The van der Waals surface area contributed by atoms with E-state index in [9.17, 15) is 0 Å². The van der Waals surface area contributed by atoms with Crippen LogP contribution in [0.5, 0.6) is 0 Å². The molecule has 0 aliphatic carbocycles. The van der Waals surface area contributed by atoms with Gasteiger partial charge >= 0.3 is 0 Å². The Morgan fingerprint density at radius 1 is 0.320 bits per heavy atom. The molecule has 0 atom stereocenters. The van der Waals surface area contributed by atoms with Crippen molar-refractivity contribution in [3.05, 3.63) is 0 Å². The van der Waals surface area contributed by atoms with Gasteiger partial charge in [-0.05, 0) is 45.7 Å². The number of carboxylic acid groups (broad SMARTS) is 2. The maximum absolute atomic E-state index is 8.33. The number of hydrogen-bond acceptors (Lipinski definition) is 3. The standard InChI is InChI=1S/2C22H48N.CH2O3/c2*1-5-7-8-9-10-11-12-13-14-15-16-17-18-19-20-21-22-23(3,4)6-2;2-1(3)4/h2*5-22H2,1-4H3;(H2,2,3,4)/q2*+1;/p-2. The monoisotopic (exact) mass is 713 g/mol. The summed E-state index contributed by atoms with van der Waals surface area (Å²) in [6.07, 6.45) is 44.4. The summed E-state index contributed by atoms with van der Waals surface area (Å²) in [7, 11) is 9.41. The van der Waals surface area contributed by atoms with Crippen molar-refractivity contribution in [3.8, 4) is 0 Å². The second-order valence-corrected chi connectivity index (χ2v) is 16.8. The minimum atomic E-state index is -2.33. The molecule has 0 aromatic heterocycles. The van der Waals surface area contributed by atoms with E-state index >= 15 is 0 Å². The van der Waals surface area contributed by atoms with E-state index in [4.69, 9.17) is 15.0 Å². The van der Waals surface area contributed by atoms with E-state index in [1.165, 1.54) is 241 Å². The second kappa shape index (κ2) is 42.6. The van der Waals surface area contributed by atoms with Gasteiger partial charge in [-0.25, -0.2) is 0 Å². The SMILES string of the molecule is CCCCCCCCCCCCCCCCCC[N+](C)(C)CC.CCCCCCCCCCCCCCCCCC[N+](C)(C)CC.O=C([O-])[O-]. The number of unbranched alkanes of at least 4 members (excludes halogenated alkanes) is 30. The average Bonchev–Trinajstić information content (AvgIpc) is 3.08. The van der Waals surface area contributed by atoms with Gasteiger partial charge in [0.25, 0.3) is 0 Å². The molecule has 5 nitrogen and oxygen atoms in total. The lowest BCUT2D eigenvalue weighted by molar-refractivity contribution is -0.888. The van der Waals surface area contributed by atoms with Gasteiger partial charge < -0.3 is 24.0 Å². The normalized spacial score (nSPS) is 11.5. The summed E-state index contributed by atoms with van der Waals surface area (Å²) in [6, 6.07) is 0. The van der Waals surface area contributed by atoms with Crippen LogP contribution in [0.2, 0.25) is 0 Å². The van der Waals surface area contributed by atoms with Crippen LogP contribution in [0.4, 0.5) is 4.79 Å². The van der Waals surface area contributed by atoms with Crippen molar-refractivity contribution < 1.29 is 24.0 Å². The highest BCUT2D eigenvalue weighted by molar-refractivity contribution is 5.47. The highest BCUT2D eigenvalue weighted by Crippen LogP contribution is 2.16. The molecule has 0 heterocycles. The fourth-order valence-electron chi connectivity index (χ4n) is 6.49. The summed E-state index contributed by atoms with van der Waals surface area (Å²) >= 11 is 0. The number of hydrogen-bond donors (Lipinski definition) is 0. The summed E-state index contributed by atoms with van der Waals surface area (Å²) in [6.45, 7) is 14.4. The van der Waals surface area contributed by atoms with Gasteiger partial charge in [-0.3, -0.25) is 0 Å². The second-order valence-electron chi connectivity index (χ2n) is 16.8. The lowest BCUT2D eigenvalue weighted by atomic mass is 10.0. The first-order valence-corrected chi connectivity index (χ1v) is 22.5. The predicted molar refractivity (Wildman–Crippen MR) is 220 cm³/mol. The Balaban J connectivity index is -0.000000797. The minimum Gasteiger partial charge on any atom is -0.652 e. The fourth-order valence-corrected chi connectivity index (χ4v) is 6.49. The van der Waals surface area contributed by atoms with Crippen molar-refractivity contribution in [1.82, 2.24) is 0 Å². The largest absolute Gasteiger partial charge is 0.652 e.